The van der Waals surface area contributed by atoms with Gasteiger partial charge in [0.15, 0.2) is 5.03 Å². The topological polar surface area (TPSA) is 78.0 Å². The van der Waals surface area contributed by atoms with Crippen LogP contribution in [0.4, 0.5) is 0 Å². The maximum Gasteiger partial charge on any atom is 0.255 e. The molecule has 1 saturated carbocycles. The standard InChI is InChI=1S/C9H15N3O2S/c1-7-6-9(15(10,13)14)12(11-7)8-4-2-3-5-8/h6,8H,2-5H2,1H3,(H2,10,13,14). The summed E-state index contributed by atoms with van der Waals surface area (Å²) in [5.41, 5.74) is 0.700. The molecule has 2 rings (SSSR count). The minimum atomic E-state index is -3.65. The maximum atomic E-state index is 11.3. The molecule has 0 unspecified atom stereocenters. The Labute approximate surface area is 89.3 Å². The SMILES string of the molecule is Cc1cc(S(N)(=O)=O)n(C2CCCC2)n1. The molecule has 2 N–H and O–H groups in total. The summed E-state index contributed by atoms with van der Waals surface area (Å²) in [5, 5.41) is 9.51. The van der Waals surface area contributed by atoms with Crippen LogP contribution in [0.15, 0.2) is 11.1 Å². The highest BCUT2D eigenvalue weighted by atomic mass is 32.2. The van der Waals surface area contributed by atoms with Crippen LogP contribution >= 0.6 is 0 Å². The highest BCUT2D eigenvalue weighted by molar-refractivity contribution is 7.89. The summed E-state index contributed by atoms with van der Waals surface area (Å²) < 4.78 is 24.3. The van der Waals surface area contributed by atoms with E-state index in [1.807, 2.05) is 0 Å². The number of sulfonamides is 1. The minimum Gasteiger partial charge on any atom is -0.250 e. The van der Waals surface area contributed by atoms with E-state index in [9.17, 15) is 8.42 Å². The third kappa shape index (κ3) is 2.05. The van der Waals surface area contributed by atoms with Crippen LogP contribution in [0.1, 0.15) is 37.4 Å². The Balaban J connectivity index is 2.46. The molecule has 0 amide bonds. The second-order valence-electron chi connectivity index (χ2n) is 4.05. The zero-order valence-electron chi connectivity index (χ0n) is 8.68. The van der Waals surface area contributed by atoms with Gasteiger partial charge in [0.1, 0.15) is 0 Å². The smallest absolute Gasteiger partial charge is 0.250 e. The van der Waals surface area contributed by atoms with Gasteiger partial charge in [-0.1, -0.05) is 12.8 Å². The molecule has 0 aliphatic heterocycles. The van der Waals surface area contributed by atoms with Crippen LogP contribution in [-0.2, 0) is 10.0 Å². The van der Waals surface area contributed by atoms with Gasteiger partial charge in [-0.25, -0.2) is 18.2 Å². The van der Waals surface area contributed by atoms with E-state index in [-0.39, 0.29) is 11.1 Å². The first-order valence-electron chi connectivity index (χ1n) is 5.07. The van der Waals surface area contributed by atoms with E-state index in [1.54, 1.807) is 11.6 Å². The first-order chi connectivity index (χ1) is 6.98. The summed E-state index contributed by atoms with van der Waals surface area (Å²) in [5.74, 6) is 0. The van der Waals surface area contributed by atoms with Gasteiger partial charge >= 0.3 is 0 Å². The molecule has 0 atom stereocenters. The maximum absolute atomic E-state index is 11.3. The third-order valence-corrected chi connectivity index (χ3v) is 3.67. The van der Waals surface area contributed by atoms with Crippen molar-refractivity contribution in [3.63, 3.8) is 0 Å². The molecule has 0 saturated heterocycles. The van der Waals surface area contributed by atoms with Gasteiger partial charge in [-0.3, -0.25) is 0 Å². The molecular weight excluding hydrogens is 214 g/mol. The van der Waals surface area contributed by atoms with E-state index in [4.69, 9.17) is 5.14 Å². The van der Waals surface area contributed by atoms with Crippen molar-refractivity contribution in [3.05, 3.63) is 11.8 Å². The highest BCUT2D eigenvalue weighted by Gasteiger charge is 2.24. The Morgan fingerprint density at radius 2 is 2.07 bits per heavy atom. The van der Waals surface area contributed by atoms with E-state index in [0.29, 0.717) is 5.69 Å². The normalized spacial score (nSPS) is 18.5. The van der Waals surface area contributed by atoms with Crippen molar-refractivity contribution in [3.8, 4) is 0 Å². The number of aryl methyl sites for hydroxylation is 1. The number of hydrogen-bond acceptors (Lipinski definition) is 3. The largest absolute Gasteiger partial charge is 0.255 e. The average molecular weight is 229 g/mol. The number of hydrogen-bond donors (Lipinski definition) is 1. The van der Waals surface area contributed by atoms with Crippen molar-refractivity contribution in [1.82, 2.24) is 9.78 Å². The van der Waals surface area contributed by atoms with Crippen LogP contribution in [0.5, 0.6) is 0 Å². The third-order valence-electron chi connectivity index (χ3n) is 2.79. The second kappa shape index (κ2) is 3.61. The fourth-order valence-corrected chi connectivity index (χ4v) is 2.90. The number of rotatable bonds is 2. The van der Waals surface area contributed by atoms with E-state index < -0.39 is 10.0 Å². The first-order valence-corrected chi connectivity index (χ1v) is 6.62. The van der Waals surface area contributed by atoms with E-state index >= 15 is 0 Å². The quantitative estimate of drug-likeness (QED) is 0.820. The fraction of sp³-hybridized carbons (Fsp3) is 0.667. The molecule has 1 aliphatic rings. The molecule has 0 spiro atoms. The van der Waals surface area contributed by atoms with Crippen LogP contribution in [0.3, 0.4) is 0 Å². The molecule has 1 fully saturated rings. The zero-order valence-corrected chi connectivity index (χ0v) is 9.50. The lowest BCUT2D eigenvalue weighted by Crippen LogP contribution is -2.20. The van der Waals surface area contributed by atoms with Crippen molar-refractivity contribution in [2.24, 2.45) is 5.14 Å². The van der Waals surface area contributed by atoms with Gasteiger partial charge in [-0.15, -0.1) is 0 Å². The lowest BCUT2D eigenvalue weighted by atomic mass is 10.3. The molecule has 1 heterocycles. The predicted molar refractivity (Wildman–Crippen MR) is 55.8 cm³/mol. The molecule has 0 radical (unpaired) electrons. The van der Waals surface area contributed by atoms with E-state index in [2.05, 4.69) is 5.10 Å². The molecule has 0 aromatic carbocycles. The summed E-state index contributed by atoms with van der Waals surface area (Å²) >= 11 is 0. The molecule has 1 aliphatic carbocycles. The van der Waals surface area contributed by atoms with Gasteiger partial charge in [0.25, 0.3) is 10.0 Å². The van der Waals surface area contributed by atoms with Crippen molar-refractivity contribution in [1.29, 1.82) is 0 Å². The predicted octanol–water partition coefficient (Wildman–Crippen LogP) is 0.954. The van der Waals surface area contributed by atoms with E-state index in [1.165, 1.54) is 6.07 Å². The minimum absolute atomic E-state index is 0.145. The highest BCUT2D eigenvalue weighted by Crippen LogP contribution is 2.31. The van der Waals surface area contributed by atoms with Crippen LogP contribution < -0.4 is 5.14 Å². The van der Waals surface area contributed by atoms with Crippen LogP contribution in [0.2, 0.25) is 0 Å². The van der Waals surface area contributed by atoms with Crippen molar-refractivity contribution in [2.75, 3.05) is 0 Å². The summed E-state index contributed by atoms with van der Waals surface area (Å²) in [4.78, 5) is 0. The van der Waals surface area contributed by atoms with Gasteiger partial charge in [0.05, 0.1) is 11.7 Å². The van der Waals surface area contributed by atoms with Crippen molar-refractivity contribution in [2.45, 2.75) is 43.7 Å². The van der Waals surface area contributed by atoms with Gasteiger partial charge in [-0.2, -0.15) is 5.10 Å². The fourth-order valence-electron chi connectivity index (χ4n) is 2.12. The Hall–Kier alpha value is -0.880. The molecule has 1 aromatic heterocycles. The summed E-state index contributed by atoms with van der Waals surface area (Å²) in [6.45, 7) is 1.78. The summed E-state index contributed by atoms with van der Waals surface area (Å²) in [6.07, 6.45) is 4.24. The Bertz CT molecular complexity index is 458. The summed E-state index contributed by atoms with van der Waals surface area (Å²) in [6, 6.07) is 1.74. The van der Waals surface area contributed by atoms with Crippen LogP contribution in [-0.4, -0.2) is 18.2 Å². The van der Waals surface area contributed by atoms with Crippen molar-refractivity contribution >= 4 is 10.0 Å². The molecule has 1 aromatic rings. The Kier molecular flexibility index (Phi) is 2.56. The zero-order chi connectivity index (χ0) is 11.1. The van der Waals surface area contributed by atoms with Gasteiger partial charge in [-0.05, 0) is 25.8 Å². The summed E-state index contributed by atoms with van der Waals surface area (Å²) in [7, 11) is -3.65. The Morgan fingerprint density at radius 1 is 1.47 bits per heavy atom. The number of nitrogens with two attached hydrogens (primary N) is 1. The molecular formula is C9H15N3O2S. The van der Waals surface area contributed by atoms with Crippen LogP contribution in [0.25, 0.3) is 0 Å². The average Bonchev–Trinajstić information content (AvgIpc) is 2.68. The monoisotopic (exact) mass is 229 g/mol. The van der Waals surface area contributed by atoms with Gasteiger partial charge in [0.2, 0.25) is 0 Å². The number of nitrogens with zero attached hydrogens (tertiary/aromatic N) is 2. The van der Waals surface area contributed by atoms with Gasteiger partial charge < -0.3 is 0 Å². The molecule has 0 bridgehead atoms. The molecule has 15 heavy (non-hydrogen) atoms. The van der Waals surface area contributed by atoms with E-state index in [0.717, 1.165) is 25.7 Å². The Morgan fingerprint density at radius 3 is 2.60 bits per heavy atom. The lowest BCUT2D eigenvalue weighted by molar-refractivity contribution is 0.425. The number of aromatic nitrogens is 2. The molecule has 84 valence electrons. The molecule has 5 nitrogen and oxygen atoms in total. The molecule has 6 heteroatoms. The van der Waals surface area contributed by atoms with Crippen molar-refractivity contribution < 1.29 is 8.42 Å². The number of primary sulfonamides is 1. The first kappa shape index (κ1) is 10.6. The lowest BCUT2D eigenvalue weighted by Gasteiger charge is -2.12. The van der Waals surface area contributed by atoms with Crippen LogP contribution in [0, 0.1) is 6.92 Å². The van der Waals surface area contributed by atoms with Gasteiger partial charge in [0, 0.05) is 0 Å². The second-order valence-corrected chi connectivity index (χ2v) is 5.56.